The molecule has 4 aromatic carbocycles. The maximum atomic E-state index is 13.7. The van der Waals surface area contributed by atoms with E-state index >= 15 is 0 Å². The Labute approximate surface area is 191 Å². The predicted molar refractivity (Wildman–Crippen MR) is 141 cm³/mol. The van der Waals surface area contributed by atoms with Crippen molar-refractivity contribution in [2.24, 2.45) is 0 Å². The normalized spacial score (nSPS) is 11.7. The standard InChI is InChI=1S/C29H30NOP/c1-22-19-23(2)29(24(3)20-22)30-28(31)21-32(25-13-7-4-8-14-25,26-15-9-5-10-16-26)27-17-11-6-12-18-27/h4-20,32H,21H2,1-3H3,(H,30,31). The monoisotopic (exact) mass is 439 g/mol. The van der Waals surface area contributed by atoms with Crippen molar-refractivity contribution in [2.75, 3.05) is 11.5 Å². The van der Waals surface area contributed by atoms with Gasteiger partial charge in [0.1, 0.15) is 0 Å². The van der Waals surface area contributed by atoms with Crippen LogP contribution in [0.2, 0.25) is 0 Å². The first-order valence-electron chi connectivity index (χ1n) is 11.0. The second kappa shape index (κ2) is 9.51. The molecule has 0 atom stereocenters. The molecular weight excluding hydrogens is 409 g/mol. The Balaban J connectivity index is 1.84. The Morgan fingerprint density at radius 2 is 1.03 bits per heavy atom. The summed E-state index contributed by atoms with van der Waals surface area (Å²) >= 11 is 0. The molecule has 0 aliphatic carbocycles. The maximum absolute atomic E-state index is 13.7. The number of hydrogen-bond donors (Lipinski definition) is 1. The zero-order valence-electron chi connectivity index (χ0n) is 18.9. The van der Waals surface area contributed by atoms with E-state index in [-0.39, 0.29) is 5.91 Å². The van der Waals surface area contributed by atoms with Gasteiger partial charge in [-0.25, -0.2) is 0 Å². The van der Waals surface area contributed by atoms with Gasteiger partial charge in [0.05, 0.1) is 0 Å². The fraction of sp³-hybridized carbons (Fsp3) is 0.138. The summed E-state index contributed by atoms with van der Waals surface area (Å²) in [5, 5.41) is 6.99. The number of nitrogens with one attached hydrogen (secondary N) is 1. The molecule has 2 nitrogen and oxygen atoms in total. The van der Waals surface area contributed by atoms with Crippen LogP contribution in [0.3, 0.4) is 0 Å². The molecule has 162 valence electrons. The second-order valence-electron chi connectivity index (χ2n) is 8.50. The van der Waals surface area contributed by atoms with Crippen molar-refractivity contribution in [3.8, 4) is 0 Å². The van der Waals surface area contributed by atoms with Gasteiger partial charge in [-0.3, -0.25) is 0 Å². The first-order valence-corrected chi connectivity index (χ1v) is 13.3. The topological polar surface area (TPSA) is 29.1 Å². The van der Waals surface area contributed by atoms with E-state index in [0.717, 1.165) is 16.8 Å². The molecule has 0 fully saturated rings. The number of anilines is 1. The van der Waals surface area contributed by atoms with Crippen molar-refractivity contribution in [2.45, 2.75) is 20.8 Å². The van der Waals surface area contributed by atoms with Crippen LogP contribution in [0.5, 0.6) is 0 Å². The number of carbonyl (C=O) groups is 1. The third kappa shape index (κ3) is 4.38. The molecule has 0 aliphatic heterocycles. The van der Waals surface area contributed by atoms with Crippen LogP contribution in [0, 0.1) is 20.8 Å². The van der Waals surface area contributed by atoms with Gasteiger partial charge >= 0.3 is 192 Å². The Morgan fingerprint density at radius 1 is 0.656 bits per heavy atom. The third-order valence-electron chi connectivity index (χ3n) is 6.17. The van der Waals surface area contributed by atoms with Crippen molar-refractivity contribution in [3.05, 3.63) is 120 Å². The summed E-state index contributed by atoms with van der Waals surface area (Å²) in [5.41, 5.74) is 4.33. The van der Waals surface area contributed by atoms with Gasteiger partial charge in [-0.2, -0.15) is 0 Å². The van der Waals surface area contributed by atoms with Crippen LogP contribution in [-0.2, 0) is 4.79 Å². The summed E-state index contributed by atoms with van der Waals surface area (Å²) in [6, 6.07) is 35.9. The third-order valence-corrected chi connectivity index (χ3v) is 11.0. The molecule has 3 heteroatoms. The first kappa shape index (κ1) is 22.0. The minimum atomic E-state index is -2.60. The average Bonchev–Trinajstić information content (AvgIpc) is 2.81. The summed E-state index contributed by atoms with van der Waals surface area (Å²) in [6.07, 6.45) is 0.442. The van der Waals surface area contributed by atoms with Gasteiger partial charge in [0.2, 0.25) is 0 Å². The second-order valence-corrected chi connectivity index (χ2v) is 12.4. The molecule has 0 bridgehead atoms. The SMILES string of the molecule is Cc1cc(C)c(NC(=O)C[PH](c2ccccc2)(c2ccccc2)c2ccccc2)c(C)c1. The molecule has 0 saturated heterocycles. The van der Waals surface area contributed by atoms with Crippen LogP contribution in [0.4, 0.5) is 5.69 Å². The number of carbonyl (C=O) groups excluding carboxylic acids is 1. The zero-order valence-corrected chi connectivity index (χ0v) is 19.9. The summed E-state index contributed by atoms with van der Waals surface area (Å²) < 4.78 is 0. The molecule has 0 aromatic heterocycles. The molecule has 0 heterocycles. The Hall–Kier alpha value is -3.22. The molecule has 0 aliphatic rings. The molecule has 0 spiro atoms. The van der Waals surface area contributed by atoms with Gasteiger partial charge in [-0.05, 0) is 0 Å². The van der Waals surface area contributed by atoms with E-state index < -0.39 is 7.26 Å². The van der Waals surface area contributed by atoms with Crippen molar-refractivity contribution >= 4 is 34.8 Å². The molecule has 1 amide bonds. The quantitative estimate of drug-likeness (QED) is 0.407. The molecule has 1 N–H and O–H groups in total. The van der Waals surface area contributed by atoms with E-state index in [9.17, 15) is 4.79 Å². The number of amides is 1. The number of rotatable bonds is 6. The van der Waals surface area contributed by atoms with Gasteiger partial charge < -0.3 is 0 Å². The van der Waals surface area contributed by atoms with E-state index in [2.05, 4.69) is 111 Å². The molecule has 0 radical (unpaired) electrons. The van der Waals surface area contributed by atoms with Crippen LogP contribution >= 0.6 is 7.26 Å². The number of aryl methyl sites for hydroxylation is 3. The van der Waals surface area contributed by atoms with Crippen molar-refractivity contribution < 1.29 is 4.79 Å². The fourth-order valence-corrected chi connectivity index (χ4v) is 9.24. The van der Waals surface area contributed by atoms with Crippen LogP contribution in [0.1, 0.15) is 16.7 Å². The van der Waals surface area contributed by atoms with E-state index in [1.165, 1.54) is 21.5 Å². The Bertz CT molecular complexity index is 1080. The van der Waals surface area contributed by atoms with Crippen molar-refractivity contribution in [1.82, 2.24) is 0 Å². The molecule has 0 saturated carbocycles. The van der Waals surface area contributed by atoms with E-state index in [1.54, 1.807) is 0 Å². The molecule has 4 rings (SSSR count). The minimum absolute atomic E-state index is 0.0586. The Kier molecular flexibility index (Phi) is 6.53. The predicted octanol–water partition coefficient (Wildman–Crippen LogP) is 5.28. The number of hydrogen-bond acceptors (Lipinski definition) is 1. The van der Waals surface area contributed by atoms with Gasteiger partial charge in [-0.15, -0.1) is 0 Å². The molecule has 4 aromatic rings. The summed E-state index contributed by atoms with van der Waals surface area (Å²) in [6.45, 7) is 6.21. The fourth-order valence-electron chi connectivity index (χ4n) is 4.78. The Morgan fingerprint density at radius 3 is 1.41 bits per heavy atom. The summed E-state index contributed by atoms with van der Waals surface area (Å²) in [7, 11) is -2.60. The van der Waals surface area contributed by atoms with E-state index in [1.807, 2.05) is 18.2 Å². The average molecular weight is 440 g/mol. The van der Waals surface area contributed by atoms with Gasteiger partial charge in [0, 0.05) is 0 Å². The first-order chi connectivity index (χ1) is 15.5. The zero-order chi connectivity index (χ0) is 22.6. The molecular formula is C29H30NOP. The van der Waals surface area contributed by atoms with Crippen molar-refractivity contribution in [3.63, 3.8) is 0 Å². The van der Waals surface area contributed by atoms with E-state index in [0.29, 0.717) is 6.16 Å². The van der Waals surface area contributed by atoms with Crippen molar-refractivity contribution in [1.29, 1.82) is 0 Å². The molecule has 0 unspecified atom stereocenters. The van der Waals surface area contributed by atoms with E-state index in [4.69, 9.17) is 0 Å². The molecule has 32 heavy (non-hydrogen) atoms. The summed E-state index contributed by atoms with van der Waals surface area (Å²) in [5.74, 6) is 0.0586. The van der Waals surface area contributed by atoms with Crippen LogP contribution in [0.25, 0.3) is 0 Å². The van der Waals surface area contributed by atoms with Gasteiger partial charge in [0.15, 0.2) is 0 Å². The van der Waals surface area contributed by atoms with Crippen LogP contribution in [0.15, 0.2) is 103 Å². The van der Waals surface area contributed by atoms with Gasteiger partial charge in [0.25, 0.3) is 0 Å². The number of benzene rings is 4. The van der Waals surface area contributed by atoms with Crippen LogP contribution < -0.4 is 21.2 Å². The summed E-state index contributed by atoms with van der Waals surface area (Å²) in [4.78, 5) is 13.7. The van der Waals surface area contributed by atoms with Gasteiger partial charge in [-0.1, -0.05) is 0 Å². The van der Waals surface area contributed by atoms with Crippen LogP contribution in [-0.4, -0.2) is 12.1 Å².